The number of aryl methyl sites for hydroxylation is 1. The lowest BCUT2D eigenvalue weighted by Gasteiger charge is -2.33. The van der Waals surface area contributed by atoms with Crippen LogP contribution in [0.3, 0.4) is 0 Å². The van der Waals surface area contributed by atoms with E-state index in [1.807, 2.05) is 56.3 Å². The summed E-state index contributed by atoms with van der Waals surface area (Å²) >= 11 is 0. The molecule has 2 aromatic rings. The SMILES string of the molecule is CC(C)[C@H](NC(=O)CN1C(=O)N[C@@]2(CCCc3ccccc32)C1=O)c1ccc2c(c1)OCCO2. The predicted molar refractivity (Wildman–Crippen MR) is 124 cm³/mol. The third-order valence-electron chi connectivity index (χ3n) is 6.86. The molecule has 0 unspecified atom stereocenters. The highest BCUT2D eigenvalue weighted by molar-refractivity contribution is 6.09. The highest BCUT2D eigenvalue weighted by Crippen LogP contribution is 2.40. The molecule has 2 N–H and O–H groups in total. The van der Waals surface area contributed by atoms with Crippen LogP contribution in [0, 0.1) is 5.92 Å². The average molecular weight is 464 g/mol. The number of carbonyl (C=O) groups excluding carboxylic acids is 3. The van der Waals surface area contributed by atoms with Crippen LogP contribution in [0.15, 0.2) is 42.5 Å². The molecule has 4 amide bonds. The molecule has 178 valence electrons. The molecule has 0 bridgehead atoms. The third-order valence-corrected chi connectivity index (χ3v) is 6.86. The Kier molecular flexibility index (Phi) is 5.67. The van der Waals surface area contributed by atoms with Crippen molar-refractivity contribution < 1.29 is 23.9 Å². The molecule has 2 aliphatic heterocycles. The molecule has 2 heterocycles. The summed E-state index contributed by atoms with van der Waals surface area (Å²) in [4.78, 5) is 40.4. The molecule has 5 rings (SSSR count). The van der Waals surface area contributed by atoms with Gasteiger partial charge in [0.05, 0.1) is 6.04 Å². The Balaban J connectivity index is 1.33. The molecule has 34 heavy (non-hydrogen) atoms. The van der Waals surface area contributed by atoms with Gasteiger partial charge in [0.15, 0.2) is 11.5 Å². The number of amides is 4. The number of nitrogens with one attached hydrogen (secondary N) is 2. The van der Waals surface area contributed by atoms with Crippen LogP contribution >= 0.6 is 0 Å². The second kappa shape index (κ2) is 8.66. The van der Waals surface area contributed by atoms with Gasteiger partial charge in [0, 0.05) is 0 Å². The molecule has 1 fully saturated rings. The van der Waals surface area contributed by atoms with Crippen molar-refractivity contribution in [3.63, 3.8) is 0 Å². The maximum atomic E-state index is 13.5. The first-order chi connectivity index (χ1) is 16.4. The molecule has 0 aromatic heterocycles. The second-order valence-electron chi connectivity index (χ2n) is 9.43. The van der Waals surface area contributed by atoms with E-state index in [1.54, 1.807) is 0 Å². The highest BCUT2D eigenvalue weighted by atomic mass is 16.6. The first-order valence-corrected chi connectivity index (χ1v) is 11.8. The molecule has 1 aliphatic carbocycles. The fourth-order valence-electron chi connectivity index (χ4n) is 5.21. The molecule has 0 saturated carbocycles. The van der Waals surface area contributed by atoms with E-state index in [0.29, 0.717) is 31.1 Å². The van der Waals surface area contributed by atoms with Crippen LogP contribution in [-0.4, -0.2) is 42.5 Å². The number of fused-ring (bicyclic) bond motifs is 3. The van der Waals surface area contributed by atoms with E-state index in [2.05, 4.69) is 10.6 Å². The van der Waals surface area contributed by atoms with Crippen LogP contribution in [0.4, 0.5) is 4.79 Å². The van der Waals surface area contributed by atoms with E-state index < -0.39 is 17.5 Å². The number of hydrogen-bond donors (Lipinski definition) is 2. The van der Waals surface area contributed by atoms with E-state index >= 15 is 0 Å². The van der Waals surface area contributed by atoms with Crippen LogP contribution in [0.25, 0.3) is 0 Å². The molecule has 8 nitrogen and oxygen atoms in total. The van der Waals surface area contributed by atoms with Gasteiger partial charge in [0.2, 0.25) is 5.91 Å². The molecule has 1 saturated heterocycles. The number of rotatable bonds is 5. The Bertz CT molecular complexity index is 1150. The Hall–Kier alpha value is -3.55. The van der Waals surface area contributed by atoms with Gasteiger partial charge in [-0.1, -0.05) is 44.2 Å². The van der Waals surface area contributed by atoms with Crippen molar-refractivity contribution in [2.45, 2.75) is 44.7 Å². The maximum Gasteiger partial charge on any atom is 0.325 e. The monoisotopic (exact) mass is 463 g/mol. The quantitative estimate of drug-likeness (QED) is 0.665. The van der Waals surface area contributed by atoms with E-state index in [9.17, 15) is 14.4 Å². The second-order valence-corrected chi connectivity index (χ2v) is 9.43. The smallest absolute Gasteiger partial charge is 0.325 e. The number of urea groups is 1. The third kappa shape index (κ3) is 3.77. The van der Waals surface area contributed by atoms with Crippen LogP contribution in [0.2, 0.25) is 0 Å². The fourth-order valence-corrected chi connectivity index (χ4v) is 5.21. The molecule has 2 atom stereocenters. The summed E-state index contributed by atoms with van der Waals surface area (Å²) < 4.78 is 11.3. The van der Waals surface area contributed by atoms with Crippen LogP contribution < -0.4 is 20.1 Å². The molecule has 1 spiro atoms. The topological polar surface area (TPSA) is 97.0 Å². The standard InChI is InChI=1S/C26H29N3O5/c1-16(2)23(18-9-10-20-21(14-18)34-13-12-33-20)27-22(30)15-29-24(31)26(28-25(29)32)11-5-7-17-6-3-4-8-19(17)26/h3-4,6,8-10,14,16,23H,5,7,11-13,15H2,1-2H3,(H,27,30)(H,28,32)/t23-,26+/m0/s1. The lowest BCUT2D eigenvalue weighted by Crippen LogP contribution is -2.47. The minimum atomic E-state index is -1.08. The number of imide groups is 1. The number of hydrogen-bond acceptors (Lipinski definition) is 5. The number of carbonyl (C=O) groups is 3. The lowest BCUT2D eigenvalue weighted by atomic mass is 9.76. The van der Waals surface area contributed by atoms with Gasteiger partial charge in [-0.2, -0.15) is 0 Å². The van der Waals surface area contributed by atoms with Crippen molar-refractivity contribution in [3.8, 4) is 11.5 Å². The molecule has 3 aliphatic rings. The predicted octanol–water partition coefficient (Wildman–Crippen LogP) is 3.05. The van der Waals surface area contributed by atoms with Gasteiger partial charge < -0.3 is 20.1 Å². The van der Waals surface area contributed by atoms with E-state index in [-0.39, 0.29) is 24.4 Å². The van der Waals surface area contributed by atoms with Gasteiger partial charge in [-0.3, -0.25) is 14.5 Å². The molecular formula is C26H29N3O5. The Morgan fingerprint density at radius 3 is 2.68 bits per heavy atom. The molecule has 0 radical (unpaired) electrons. The van der Waals surface area contributed by atoms with E-state index in [4.69, 9.17) is 9.47 Å². The first kappa shape index (κ1) is 22.3. The zero-order chi connectivity index (χ0) is 23.9. The summed E-state index contributed by atoms with van der Waals surface area (Å²) in [5.41, 5.74) is 1.69. The summed E-state index contributed by atoms with van der Waals surface area (Å²) in [6.07, 6.45) is 2.19. The van der Waals surface area contributed by atoms with Crippen LogP contribution in [-0.2, 0) is 21.5 Å². The summed E-state index contributed by atoms with van der Waals surface area (Å²) in [5, 5.41) is 5.91. The summed E-state index contributed by atoms with van der Waals surface area (Å²) in [7, 11) is 0. The minimum Gasteiger partial charge on any atom is -0.486 e. The average Bonchev–Trinajstić information content (AvgIpc) is 3.07. The van der Waals surface area contributed by atoms with Crippen molar-refractivity contribution in [1.82, 2.24) is 15.5 Å². The Labute approximate surface area is 198 Å². The van der Waals surface area contributed by atoms with Gasteiger partial charge in [0.1, 0.15) is 25.3 Å². The van der Waals surface area contributed by atoms with E-state index in [1.165, 1.54) is 0 Å². The van der Waals surface area contributed by atoms with Gasteiger partial charge in [-0.15, -0.1) is 0 Å². The first-order valence-electron chi connectivity index (χ1n) is 11.8. The molecule has 2 aromatic carbocycles. The minimum absolute atomic E-state index is 0.0752. The highest BCUT2D eigenvalue weighted by Gasteiger charge is 2.54. The normalized spacial score (nSPS) is 21.9. The number of benzene rings is 2. The van der Waals surface area contributed by atoms with Crippen molar-refractivity contribution in [1.29, 1.82) is 0 Å². The van der Waals surface area contributed by atoms with Gasteiger partial charge >= 0.3 is 6.03 Å². The van der Waals surface area contributed by atoms with Crippen molar-refractivity contribution >= 4 is 17.8 Å². The van der Waals surface area contributed by atoms with Crippen LogP contribution in [0.5, 0.6) is 11.5 Å². The molecular weight excluding hydrogens is 434 g/mol. The summed E-state index contributed by atoms with van der Waals surface area (Å²) in [5.74, 6) is 0.654. The van der Waals surface area contributed by atoms with Crippen molar-refractivity contribution in [2.75, 3.05) is 19.8 Å². The summed E-state index contributed by atoms with van der Waals surface area (Å²) in [6.45, 7) is 4.66. The molecule has 8 heteroatoms. The fraction of sp³-hybridized carbons (Fsp3) is 0.423. The zero-order valence-corrected chi connectivity index (χ0v) is 19.4. The number of ether oxygens (including phenoxy) is 2. The van der Waals surface area contributed by atoms with Crippen molar-refractivity contribution in [2.24, 2.45) is 5.92 Å². The van der Waals surface area contributed by atoms with Crippen molar-refractivity contribution in [3.05, 3.63) is 59.2 Å². The van der Waals surface area contributed by atoms with Gasteiger partial charge in [-0.25, -0.2) is 4.79 Å². The lowest BCUT2D eigenvalue weighted by molar-refractivity contribution is -0.136. The maximum absolute atomic E-state index is 13.5. The Morgan fingerprint density at radius 1 is 1.12 bits per heavy atom. The number of nitrogens with zero attached hydrogens (tertiary/aromatic N) is 1. The zero-order valence-electron chi connectivity index (χ0n) is 19.4. The van der Waals surface area contributed by atoms with E-state index in [0.717, 1.165) is 34.4 Å². The summed E-state index contributed by atoms with van der Waals surface area (Å²) in [6, 6.07) is 12.5. The van der Waals surface area contributed by atoms with Gasteiger partial charge in [0.25, 0.3) is 5.91 Å². The Morgan fingerprint density at radius 2 is 1.88 bits per heavy atom. The van der Waals surface area contributed by atoms with Gasteiger partial charge in [-0.05, 0) is 54.0 Å². The largest absolute Gasteiger partial charge is 0.486 e. The van der Waals surface area contributed by atoms with Crippen LogP contribution in [0.1, 0.15) is 49.4 Å².